The molecule has 0 spiro atoms. The van der Waals surface area contributed by atoms with E-state index in [1.54, 1.807) is 30.7 Å². The van der Waals surface area contributed by atoms with Gasteiger partial charge in [-0.2, -0.15) is 10.2 Å². The number of rotatable bonds is 7. The predicted octanol–water partition coefficient (Wildman–Crippen LogP) is 3.28. The smallest absolute Gasteiger partial charge is 0.291 e. The molecule has 2 heterocycles. The number of nitrogens with zero attached hydrogens (tertiary/aromatic N) is 3. The lowest BCUT2D eigenvalue weighted by Gasteiger charge is -2.20. The van der Waals surface area contributed by atoms with E-state index < -0.39 is 5.91 Å². The second-order valence-electron chi connectivity index (χ2n) is 5.61. The summed E-state index contributed by atoms with van der Waals surface area (Å²) < 4.78 is 5.26. The van der Waals surface area contributed by atoms with Gasteiger partial charge in [0.05, 0.1) is 12.5 Å². The lowest BCUT2D eigenvalue weighted by Crippen LogP contribution is -2.21. The minimum Gasteiger partial charge on any atom is -0.463 e. The van der Waals surface area contributed by atoms with E-state index in [9.17, 15) is 4.79 Å². The first-order valence-corrected chi connectivity index (χ1v) is 8.49. The number of hydrazone groups is 1. The molecule has 0 atom stereocenters. The molecule has 3 aromatic rings. The van der Waals surface area contributed by atoms with Gasteiger partial charge in [0, 0.05) is 24.8 Å². The van der Waals surface area contributed by atoms with Gasteiger partial charge in [0.1, 0.15) is 5.69 Å². The van der Waals surface area contributed by atoms with Crippen LogP contribution < -0.4 is 10.3 Å². The number of aromatic amines is 1. The van der Waals surface area contributed by atoms with Gasteiger partial charge < -0.3 is 9.32 Å². The highest BCUT2D eigenvalue weighted by atomic mass is 16.3. The molecule has 0 unspecified atom stereocenters. The first-order valence-electron chi connectivity index (χ1n) is 8.49. The standard InChI is InChI=1S/C19H21N5O2/c1-3-24(4-2)15-9-7-14(8-10-15)13-20-23-19(25)17-12-16(21-22-17)18-6-5-11-26-18/h5-13H,3-4H2,1-2H3,(H,21,22)(H,23,25). The maximum atomic E-state index is 12.1. The molecule has 0 aliphatic rings. The Morgan fingerprint density at radius 1 is 1.27 bits per heavy atom. The minimum atomic E-state index is -0.393. The average molecular weight is 351 g/mol. The minimum absolute atomic E-state index is 0.241. The number of aromatic nitrogens is 2. The van der Waals surface area contributed by atoms with Gasteiger partial charge >= 0.3 is 0 Å². The monoisotopic (exact) mass is 351 g/mol. The molecule has 0 bridgehead atoms. The Hall–Kier alpha value is -3.35. The zero-order chi connectivity index (χ0) is 18.4. The number of H-pyrrole nitrogens is 1. The number of furan rings is 1. The third-order valence-electron chi connectivity index (χ3n) is 4.00. The molecule has 1 aromatic carbocycles. The first kappa shape index (κ1) is 17.5. The van der Waals surface area contributed by atoms with Crippen LogP contribution >= 0.6 is 0 Å². The quantitative estimate of drug-likeness (QED) is 0.505. The lowest BCUT2D eigenvalue weighted by molar-refractivity contribution is 0.0950. The molecular weight excluding hydrogens is 330 g/mol. The van der Waals surface area contributed by atoms with E-state index in [4.69, 9.17) is 4.42 Å². The Labute approximate surface area is 151 Å². The Bertz CT molecular complexity index is 862. The third-order valence-corrected chi connectivity index (χ3v) is 4.00. The van der Waals surface area contributed by atoms with E-state index in [0.717, 1.165) is 24.3 Å². The van der Waals surface area contributed by atoms with Crippen LogP contribution in [0.2, 0.25) is 0 Å². The summed E-state index contributed by atoms with van der Waals surface area (Å²) in [5.74, 6) is 0.225. The predicted molar refractivity (Wildman–Crippen MR) is 101 cm³/mol. The summed E-state index contributed by atoms with van der Waals surface area (Å²) in [6.45, 7) is 6.18. The van der Waals surface area contributed by atoms with Crippen molar-refractivity contribution >= 4 is 17.8 Å². The van der Waals surface area contributed by atoms with Crippen molar-refractivity contribution in [3.8, 4) is 11.5 Å². The van der Waals surface area contributed by atoms with Crippen LogP contribution in [0, 0.1) is 0 Å². The Morgan fingerprint density at radius 2 is 2.04 bits per heavy atom. The molecule has 0 saturated carbocycles. The van der Waals surface area contributed by atoms with Gasteiger partial charge in [-0.15, -0.1) is 0 Å². The van der Waals surface area contributed by atoms with Gasteiger partial charge in [-0.25, -0.2) is 5.43 Å². The summed E-state index contributed by atoms with van der Waals surface area (Å²) in [6.07, 6.45) is 3.16. The first-order chi connectivity index (χ1) is 12.7. The molecular formula is C19H21N5O2. The zero-order valence-electron chi connectivity index (χ0n) is 14.8. The van der Waals surface area contributed by atoms with Crippen LogP contribution in [0.5, 0.6) is 0 Å². The number of benzene rings is 1. The van der Waals surface area contributed by atoms with E-state index >= 15 is 0 Å². The van der Waals surface area contributed by atoms with Crippen molar-refractivity contribution in [2.45, 2.75) is 13.8 Å². The summed E-state index contributed by atoms with van der Waals surface area (Å²) >= 11 is 0. The van der Waals surface area contributed by atoms with Crippen LogP contribution in [0.15, 0.2) is 58.2 Å². The summed E-state index contributed by atoms with van der Waals surface area (Å²) in [6, 6.07) is 13.2. The molecule has 0 saturated heterocycles. The number of amides is 1. The van der Waals surface area contributed by atoms with Crippen LogP contribution in [0.3, 0.4) is 0 Å². The number of nitrogens with one attached hydrogen (secondary N) is 2. The second-order valence-corrected chi connectivity index (χ2v) is 5.61. The number of hydrogen-bond acceptors (Lipinski definition) is 5. The van der Waals surface area contributed by atoms with Crippen LogP contribution in [0.4, 0.5) is 5.69 Å². The molecule has 7 heteroatoms. The average Bonchev–Trinajstić information content (AvgIpc) is 3.35. The van der Waals surface area contributed by atoms with Crippen molar-refractivity contribution in [3.05, 3.63) is 60.0 Å². The molecule has 2 aromatic heterocycles. The number of carbonyl (C=O) groups excluding carboxylic acids is 1. The molecule has 26 heavy (non-hydrogen) atoms. The number of hydrogen-bond donors (Lipinski definition) is 2. The molecule has 3 rings (SSSR count). The van der Waals surface area contributed by atoms with E-state index in [1.807, 2.05) is 24.3 Å². The largest absolute Gasteiger partial charge is 0.463 e. The van der Waals surface area contributed by atoms with Gasteiger partial charge in [-0.3, -0.25) is 9.89 Å². The van der Waals surface area contributed by atoms with Crippen molar-refractivity contribution in [2.75, 3.05) is 18.0 Å². The summed E-state index contributed by atoms with van der Waals surface area (Å²) in [5.41, 5.74) is 5.42. The normalized spacial score (nSPS) is 11.0. The molecule has 7 nitrogen and oxygen atoms in total. The van der Waals surface area contributed by atoms with Gasteiger partial charge in [0.2, 0.25) is 0 Å². The van der Waals surface area contributed by atoms with Crippen molar-refractivity contribution in [3.63, 3.8) is 0 Å². The van der Waals surface area contributed by atoms with Crippen LogP contribution in [-0.2, 0) is 0 Å². The van der Waals surface area contributed by atoms with Gasteiger partial charge in [0.15, 0.2) is 11.5 Å². The summed E-state index contributed by atoms with van der Waals surface area (Å²) in [4.78, 5) is 14.4. The fourth-order valence-electron chi connectivity index (χ4n) is 2.58. The number of carbonyl (C=O) groups is 1. The van der Waals surface area contributed by atoms with Gasteiger partial charge in [-0.1, -0.05) is 12.1 Å². The fraction of sp³-hybridized carbons (Fsp3) is 0.211. The SMILES string of the molecule is CCN(CC)c1ccc(C=NNC(=O)c2cc(-c3ccco3)[nH]n2)cc1. The topological polar surface area (TPSA) is 86.5 Å². The van der Waals surface area contributed by atoms with Crippen molar-refractivity contribution < 1.29 is 9.21 Å². The molecule has 1 amide bonds. The lowest BCUT2D eigenvalue weighted by atomic mass is 10.2. The Morgan fingerprint density at radius 3 is 2.69 bits per heavy atom. The van der Waals surface area contributed by atoms with E-state index in [2.05, 4.69) is 39.5 Å². The maximum Gasteiger partial charge on any atom is 0.291 e. The van der Waals surface area contributed by atoms with Crippen LogP contribution in [0.1, 0.15) is 29.9 Å². The van der Waals surface area contributed by atoms with Crippen LogP contribution in [-0.4, -0.2) is 35.4 Å². The number of anilines is 1. The van der Waals surface area contributed by atoms with Crippen molar-refractivity contribution in [1.29, 1.82) is 0 Å². The van der Waals surface area contributed by atoms with Crippen molar-refractivity contribution in [2.24, 2.45) is 5.10 Å². The summed E-state index contributed by atoms with van der Waals surface area (Å²) in [7, 11) is 0. The Balaban J connectivity index is 1.59. The van der Waals surface area contributed by atoms with Crippen LogP contribution in [0.25, 0.3) is 11.5 Å². The fourth-order valence-corrected chi connectivity index (χ4v) is 2.58. The second kappa shape index (κ2) is 8.15. The third kappa shape index (κ3) is 4.00. The van der Waals surface area contributed by atoms with E-state index in [1.165, 1.54) is 0 Å². The highest BCUT2D eigenvalue weighted by molar-refractivity contribution is 5.94. The highest BCUT2D eigenvalue weighted by Gasteiger charge is 2.11. The molecule has 2 N–H and O–H groups in total. The summed E-state index contributed by atoms with van der Waals surface area (Å²) in [5, 5.41) is 10.7. The van der Waals surface area contributed by atoms with E-state index in [-0.39, 0.29) is 5.69 Å². The van der Waals surface area contributed by atoms with Crippen molar-refractivity contribution in [1.82, 2.24) is 15.6 Å². The van der Waals surface area contributed by atoms with E-state index in [0.29, 0.717) is 11.5 Å². The highest BCUT2D eigenvalue weighted by Crippen LogP contribution is 2.17. The maximum absolute atomic E-state index is 12.1. The molecule has 0 aliphatic heterocycles. The zero-order valence-corrected chi connectivity index (χ0v) is 14.8. The Kier molecular flexibility index (Phi) is 5.48. The molecule has 0 radical (unpaired) electrons. The molecule has 0 aliphatic carbocycles. The van der Waals surface area contributed by atoms with Gasteiger partial charge in [0.25, 0.3) is 5.91 Å². The molecule has 0 fully saturated rings. The van der Waals surface area contributed by atoms with Gasteiger partial charge in [-0.05, 0) is 43.7 Å². The molecule has 134 valence electrons.